The summed E-state index contributed by atoms with van der Waals surface area (Å²) in [7, 11) is 0. The highest BCUT2D eigenvalue weighted by Gasteiger charge is 2.21. The molecule has 1 aromatic carbocycles. The number of benzene rings is 1. The van der Waals surface area contributed by atoms with E-state index in [1.54, 1.807) is 13.8 Å². The quantitative estimate of drug-likeness (QED) is 0.675. The highest BCUT2D eigenvalue weighted by Crippen LogP contribution is 2.30. The molecule has 116 valence electrons. The van der Waals surface area contributed by atoms with Gasteiger partial charge in [-0.3, -0.25) is 0 Å². The van der Waals surface area contributed by atoms with E-state index in [2.05, 4.69) is 0 Å². The smallest absolute Gasteiger partial charge is 0.342 e. The van der Waals surface area contributed by atoms with Crippen LogP contribution in [0.25, 0.3) is 17.0 Å². The third-order valence-electron chi connectivity index (χ3n) is 2.84. The van der Waals surface area contributed by atoms with Gasteiger partial charge in [-0.2, -0.15) is 0 Å². The molecule has 1 aromatic heterocycles. The summed E-state index contributed by atoms with van der Waals surface area (Å²) in [5, 5.41) is 10.00. The first kappa shape index (κ1) is 15.6. The number of carbonyl (C=O) groups excluding carboxylic acids is 2. The number of aromatic hydroxyl groups is 1. The van der Waals surface area contributed by atoms with Gasteiger partial charge in [0.15, 0.2) is 0 Å². The van der Waals surface area contributed by atoms with Gasteiger partial charge in [-0.15, -0.1) is 0 Å². The van der Waals surface area contributed by atoms with Crippen LogP contribution in [0.3, 0.4) is 0 Å². The molecule has 0 bridgehead atoms. The van der Waals surface area contributed by atoms with Gasteiger partial charge in [0.2, 0.25) is 0 Å². The Kier molecular flexibility index (Phi) is 4.83. The van der Waals surface area contributed by atoms with Crippen LogP contribution in [0.4, 0.5) is 0 Å². The molecule has 6 heteroatoms. The molecule has 1 N–H and O–H groups in total. The van der Waals surface area contributed by atoms with Crippen LogP contribution in [-0.2, 0) is 14.3 Å². The molecular weight excluding hydrogens is 288 g/mol. The van der Waals surface area contributed by atoms with Crippen molar-refractivity contribution < 1.29 is 28.6 Å². The number of phenols is 1. The zero-order valence-corrected chi connectivity index (χ0v) is 12.3. The molecule has 6 nitrogen and oxygen atoms in total. The summed E-state index contributed by atoms with van der Waals surface area (Å²) in [4.78, 5) is 23.5. The Labute approximate surface area is 126 Å². The fourth-order valence-electron chi connectivity index (χ4n) is 1.97. The number of furan rings is 1. The lowest BCUT2D eigenvalue weighted by Gasteiger charge is -2.01. The fourth-order valence-corrected chi connectivity index (χ4v) is 1.97. The topological polar surface area (TPSA) is 86.0 Å². The lowest BCUT2D eigenvalue weighted by Crippen LogP contribution is -2.05. The monoisotopic (exact) mass is 304 g/mol. The van der Waals surface area contributed by atoms with E-state index in [0.717, 1.165) is 0 Å². The third-order valence-corrected chi connectivity index (χ3v) is 2.84. The number of carbonyl (C=O) groups is 2. The largest absolute Gasteiger partial charge is 0.508 e. The van der Waals surface area contributed by atoms with Gasteiger partial charge in [-0.25, -0.2) is 9.59 Å². The number of fused-ring (bicyclic) bond motifs is 1. The molecule has 0 aliphatic carbocycles. The van der Waals surface area contributed by atoms with Gasteiger partial charge in [0.25, 0.3) is 0 Å². The zero-order valence-electron chi connectivity index (χ0n) is 12.3. The van der Waals surface area contributed by atoms with Crippen LogP contribution in [0.5, 0.6) is 5.75 Å². The molecule has 0 saturated heterocycles. The number of phenolic OH excluding ortho intramolecular Hbond substituents is 1. The first-order chi connectivity index (χ1) is 10.6. The van der Waals surface area contributed by atoms with E-state index in [-0.39, 0.29) is 30.3 Å². The molecule has 0 radical (unpaired) electrons. The number of esters is 2. The minimum absolute atomic E-state index is 0.000212. The van der Waals surface area contributed by atoms with Crippen LogP contribution >= 0.6 is 0 Å². The number of hydrogen-bond donors (Lipinski definition) is 1. The van der Waals surface area contributed by atoms with E-state index >= 15 is 0 Å². The van der Waals surface area contributed by atoms with E-state index < -0.39 is 11.9 Å². The summed E-state index contributed by atoms with van der Waals surface area (Å²) in [5.74, 6) is -0.956. The van der Waals surface area contributed by atoms with Crippen molar-refractivity contribution >= 4 is 29.0 Å². The van der Waals surface area contributed by atoms with Gasteiger partial charge in [0.05, 0.1) is 13.2 Å². The van der Waals surface area contributed by atoms with Crippen molar-refractivity contribution in [1.29, 1.82) is 0 Å². The highest BCUT2D eigenvalue weighted by atomic mass is 16.5. The average molecular weight is 304 g/mol. The first-order valence-electron chi connectivity index (χ1n) is 6.84. The van der Waals surface area contributed by atoms with Crippen molar-refractivity contribution in [2.45, 2.75) is 13.8 Å². The van der Waals surface area contributed by atoms with Gasteiger partial charge in [-0.1, -0.05) is 0 Å². The predicted octanol–water partition coefficient (Wildman–Crippen LogP) is 2.89. The Morgan fingerprint density at radius 3 is 2.64 bits per heavy atom. The van der Waals surface area contributed by atoms with E-state index in [1.807, 2.05) is 0 Å². The molecular formula is C16H16O6. The summed E-state index contributed by atoms with van der Waals surface area (Å²) >= 11 is 0. The van der Waals surface area contributed by atoms with Crippen LogP contribution in [0, 0.1) is 0 Å². The van der Waals surface area contributed by atoms with Gasteiger partial charge in [0, 0.05) is 11.5 Å². The molecule has 1 heterocycles. The average Bonchev–Trinajstić information content (AvgIpc) is 2.83. The highest BCUT2D eigenvalue weighted by molar-refractivity contribution is 6.07. The Hall–Kier alpha value is -2.76. The summed E-state index contributed by atoms with van der Waals surface area (Å²) in [5.41, 5.74) is 0.567. The number of ether oxygens (including phenoxy) is 2. The zero-order chi connectivity index (χ0) is 16.1. The summed E-state index contributed by atoms with van der Waals surface area (Å²) in [6, 6.07) is 4.39. The van der Waals surface area contributed by atoms with Crippen LogP contribution < -0.4 is 0 Å². The van der Waals surface area contributed by atoms with E-state index in [4.69, 9.17) is 13.9 Å². The summed E-state index contributed by atoms with van der Waals surface area (Å²) < 4.78 is 15.3. The Morgan fingerprint density at radius 2 is 1.95 bits per heavy atom. The molecule has 0 aliphatic heterocycles. The molecule has 22 heavy (non-hydrogen) atoms. The van der Waals surface area contributed by atoms with Crippen molar-refractivity contribution in [3.05, 3.63) is 35.6 Å². The SMILES string of the molecule is CCOC(=O)/C=C/c1oc2ccc(O)cc2c1C(=O)OCC. The maximum Gasteiger partial charge on any atom is 0.342 e. The van der Waals surface area contributed by atoms with Crippen molar-refractivity contribution in [2.24, 2.45) is 0 Å². The Balaban J connectivity index is 2.50. The Bertz CT molecular complexity index is 726. The van der Waals surface area contributed by atoms with E-state index in [1.165, 1.54) is 30.4 Å². The predicted molar refractivity (Wildman–Crippen MR) is 79.5 cm³/mol. The van der Waals surface area contributed by atoms with Crippen LogP contribution in [0.15, 0.2) is 28.7 Å². The minimum Gasteiger partial charge on any atom is -0.508 e. The molecule has 0 atom stereocenters. The van der Waals surface area contributed by atoms with Crippen molar-refractivity contribution in [1.82, 2.24) is 0 Å². The molecule has 0 spiro atoms. The maximum atomic E-state index is 12.1. The molecule has 2 aromatic rings. The third kappa shape index (κ3) is 3.28. The van der Waals surface area contributed by atoms with E-state index in [9.17, 15) is 14.7 Å². The molecule has 0 unspecified atom stereocenters. The van der Waals surface area contributed by atoms with Crippen molar-refractivity contribution in [2.75, 3.05) is 13.2 Å². The normalized spacial score (nSPS) is 11.0. The van der Waals surface area contributed by atoms with E-state index in [0.29, 0.717) is 11.0 Å². The van der Waals surface area contributed by atoms with Gasteiger partial charge in [-0.05, 0) is 38.1 Å². The summed E-state index contributed by atoms with van der Waals surface area (Å²) in [6.07, 6.45) is 2.52. The Morgan fingerprint density at radius 1 is 1.23 bits per heavy atom. The maximum absolute atomic E-state index is 12.1. The first-order valence-corrected chi connectivity index (χ1v) is 6.84. The number of rotatable bonds is 5. The van der Waals surface area contributed by atoms with Crippen LogP contribution in [0.1, 0.15) is 30.0 Å². The molecule has 0 aliphatic rings. The standard InChI is InChI=1S/C16H16O6/c1-3-20-14(18)8-7-13-15(16(19)21-4-2)11-9-10(17)5-6-12(11)22-13/h5-9,17H,3-4H2,1-2H3/b8-7+. The van der Waals surface area contributed by atoms with Crippen LogP contribution in [0.2, 0.25) is 0 Å². The van der Waals surface area contributed by atoms with Crippen LogP contribution in [-0.4, -0.2) is 30.3 Å². The second-order valence-electron chi connectivity index (χ2n) is 4.33. The number of hydrogen-bond acceptors (Lipinski definition) is 6. The second-order valence-corrected chi connectivity index (χ2v) is 4.33. The van der Waals surface area contributed by atoms with Gasteiger partial charge < -0.3 is 19.0 Å². The lowest BCUT2D eigenvalue weighted by atomic mass is 10.1. The molecule has 0 fully saturated rings. The van der Waals surface area contributed by atoms with Gasteiger partial charge in [0.1, 0.15) is 22.7 Å². The molecule has 2 rings (SSSR count). The van der Waals surface area contributed by atoms with Crippen molar-refractivity contribution in [3.8, 4) is 5.75 Å². The second kappa shape index (κ2) is 6.80. The van der Waals surface area contributed by atoms with Gasteiger partial charge >= 0.3 is 11.9 Å². The molecule has 0 saturated carbocycles. The lowest BCUT2D eigenvalue weighted by molar-refractivity contribution is -0.137. The van der Waals surface area contributed by atoms with Crippen molar-refractivity contribution in [3.63, 3.8) is 0 Å². The molecule has 0 amide bonds. The fraction of sp³-hybridized carbons (Fsp3) is 0.250. The minimum atomic E-state index is -0.588. The summed E-state index contributed by atoms with van der Waals surface area (Å²) in [6.45, 7) is 3.83.